The van der Waals surface area contributed by atoms with Crippen molar-refractivity contribution < 1.29 is 65.8 Å². The lowest BCUT2D eigenvalue weighted by atomic mass is 10.1. The second-order valence-electron chi connectivity index (χ2n) is 18.8. The SMILES string of the molecule is COc1ccc2[nH]c(O)c(C=c3ccc4c(c3)N=NC=4/C=C/c3ccc(CN(C)C)cc3)c2c1.COc1ccc2[nH]c(O)c(C=c3ccc4c(c3)N=NC=4/C=C/c3ccc(CN(C)C)cc3)c2c1.O=C(O)C(F)(F)F.O=C(O)C(F)(F)F. The van der Waals surface area contributed by atoms with Gasteiger partial charge in [-0.05, 0) is 146 Å². The summed E-state index contributed by atoms with van der Waals surface area (Å²) in [4.78, 5) is 28.1. The summed E-state index contributed by atoms with van der Waals surface area (Å²) in [5.74, 6) is -3.79. The summed E-state index contributed by atoms with van der Waals surface area (Å²) >= 11 is 0. The van der Waals surface area contributed by atoms with Gasteiger partial charge >= 0.3 is 24.3 Å². The topological polar surface area (TPSA) is 221 Å². The summed E-state index contributed by atoms with van der Waals surface area (Å²) in [7, 11) is 11.5. The molecule has 0 saturated carbocycles. The number of azo groups is 2. The predicted octanol–water partition coefficient (Wildman–Crippen LogP) is 10.6. The average Bonchev–Trinajstić information content (AvgIpc) is 4.40. The van der Waals surface area contributed by atoms with E-state index in [9.17, 15) is 36.6 Å². The molecule has 22 heteroatoms. The molecule has 0 atom stereocenters. The van der Waals surface area contributed by atoms with Crippen molar-refractivity contribution in [2.75, 3.05) is 42.4 Å². The molecular formula is C60H54F6N8O8. The predicted molar refractivity (Wildman–Crippen MR) is 301 cm³/mol. The van der Waals surface area contributed by atoms with E-state index in [1.807, 2.05) is 97.1 Å². The van der Waals surface area contributed by atoms with Crippen LogP contribution in [0.25, 0.3) is 57.5 Å². The van der Waals surface area contributed by atoms with Gasteiger partial charge in [-0.25, -0.2) is 9.59 Å². The van der Waals surface area contributed by atoms with Gasteiger partial charge in [0.05, 0.1) is 37.0 Å². The number of rotatable bonds is 12. The smallest absolute Gasteiger partial charge is 0.490 e. The Balaban J connectivity index is 0.000000192. The van der Waals surface area contributed by atoms with Crippen LogP contribution in [0.1, 0.15) is 33.4 Å². The minimum atomic E-state index is -5.08. The van der Waals surface area contributed by atoms with Gasteiger partial charge in [0.2, 0.25) is 0 Å². The first-order valence-electron chi connectivity index (χ1n) is 24.7. The molecule has 0 saturated heterocycles. The van der Waals surface area contributed by atoms with Gasteiger partial charge in [0.15, 0.2) is 11.8 Å². The number of carboxylic acid groups (broad SMARTS) is 2. The van der Waals surface area contributed by atoms with Crippen LogP contribution >= 0.6 is 0 Å². The van der Waals surface area contributed by atoms with Gasteiger partial charge in [0.25, 0.3) is 0 Å². The van der Waals surface area contributed by atoms with Crippen LogP contribution in [0.3, 0.4) is 0 Å². The number of carbonyl (C=O) groups is 2. The zero-order valence-electron chi connectivity index (χ0n) is 44.8. The average molecular weight is 1130 g/mol. The van der Waals surface area contributed by atoms with Gasteiger partial charge in [-0.15, -0.1) is 20.5 Å². The van der Waals surface area contributed by atoms with E-state index in [0.717, 1.165) is 101 Å². The number of aromatic hydroxyl groups is 2. The molecule has 16 nitrogen and oxygen atoms in total. The van der Waals surface area contributed by atoms with Gasteiger partial charge in [-0.3, -0.25) is 0 Å². The molecule has 424 valence electrons. The van der Waals surface area contributed by atoms with Crippen LogP contribution in [-0.2, 0) is 22.7 Å². The molecule has 6 aromatic carbocycles. The van der Waals surface area contributed by atoms with Crippen LogP contribution in [0, 0.1) is 0 Å². The first kappa shape index (κ1) is 59.9. The van der Waals surface area contributed by atoms with Crippen LogP contribution in [0.2, 0.25) is 0 Å². The molecule has 0 unspecified atom stereocenters. The normalized spacial score (nSPS) is 13.1. The van der Waals surface area contributed by atoms with Crippen LogP contribution in [0.15, 0.2) is 154 Å². The molecule has 4 heterocycles. The highest BCUT2D eigenvalue weighted by Gasteiger charge is 2.39. The van der Waals surface area contributed by atoms with Gasteiger partial charge < -0.3 is 49.7 Å². The largest absolute Gasteiger partial charge is 0.497 e. The van der Waals surface area contributed by atoms with E-state index in [0.29, 0.717) is 11.1 Å². The minimum absolute atomic E-state index is 0.122. The summed E-state index contributed by atoms with van der Waals surface area (Å²) < 4.78 is 74.1. The molecule has 82 heavy (non-hydrogen) atoms. The van der Waals surface area contributed by atoms with Gasteiger partial charge in [-0.1, -0.05) is 72.8 Å². The minimum Gasteiger partial charge on any atom is -0.497 e. The Labute approximate surface area is 464 Å². The van der Waals surface area contributed by atoms with Crippen LogP contribution in [-0.4, -0.2) is 107 Å². The molecule has 10 rings (SSSR count). The highest BCUT2D eigenvalue weighted by Crippen LogP contribution is 2.32. The number of fused-ring (bicyclic) bond motifs is 4. The van der Waals surface area contributed by atoms with Crippen molar-refractivity contribution in [2.45, 2.75) is 25.4 Å². The second kappa shape index (κ2) is 26.0. The first-order valence-corrected chi connectivity index (χ1v) is 24.7. The van der Waals surface area contributed by atoms with E-state index in [2.05, 4.69) is 129 Å². The lowest BCUT2D eigenvalue weighted by molar-refractivity contribution is -0.193. The number of nitrogens with zero attached hydrogens (tertiary/aromatic N) is 6. The molecule has 0 fully saturated rings. The summed E-state index contributed by atoms with van der Waals surface area (Å²) in [5.41, 5.74) is 11.2. The maximum Gasteiger partial charge on any atom is 0.490 e. The summed E-state index contributed by atoms with van der Waals surface area (Å²) in [6.45, 7) is 1.85. The monoisotopic (exact) mass is 1130 g/mol. The fourth-order valence-electron chi connectivity index (χ4n) is 8.23. The number of aromatic amines is 2. The molecule has 2 aliphatic heterocycles. The van der Waals surface area contributed by atoms with Crippen LogP contribution in [0.4, 0.5) is 37.7 Å². The Kier molecular flexibility index (Phi) is 19.0. The zero-order valence-corrected chi connectivity index (χ0v) is 44.8. The maximum atomic E-state index is 10.6. The number of nitrogens with one attached hydrogen (secondary N) is 2. The lowest BCUT2D eigenvalue weighted by Crippen LogP contribution is -2.21. The zero-order chi connectivity index (χ0) is 59.5. The fraction of sp³-hybridized carbons (Fsp3) is 0.167. The van der Waals surface area contributed by atoms with Gasteiger partial charge in [0.1, 0.15) is 11.5 Å². The van der Waals surface area contributed by atoms with E-state index in [4.69, 9.17) is 29.3 Å². The van der Waals surface area contributed by atoms with E-state index in [-0.39, 0.29) is 11.8 Å². The van der Waals surface area contributed by atoms with Crippen molar-refractivity contribution in [1.82, 2.24) is 19.8 Å². The molecule has 0 spiro atoms. The molecule has 8 aromatic rings. The number of methoxy groups -OCH3 is 2. The van der Waals surface area contributed by atoms with E-state index < -0.39 is 24.3 Å². The second-order valence-corrected chi connectivity index (χ2v) is 18.8. The molecule has 2 aliphatic rings. The Morgan fingerprint density at radius 2 is 0.866 bits per heavy atom. The van der Waals surface area contributed by atoms with Gasteiger partial charge in [-0.2, -0.15) is 26.3 Å². The highest BCUT2D eigenvalue weighted by atomic mass is 19.4. The lowest BCUT2D eigenvalue weighted by Gasteiger charge is -2.09. The summed E-state index contributed by atoms with van der Waals surface area (Å²) in [5, 5.41) is 58.2. The number of hydrogen-bond donors (Lipinski definition) is 6. The number of aromatic nitrogens is 2. The van der Waals surface area contributed by atoms with Gasteiger partial charge in [0, 0.05) is 56.5 Å². The van der Waals surface area contributed by atoms with Crippen molar-refractivity contribution >= 4 is 80.8 Å². The molecule has 2 aromatic heterocycles. The number of benzene rings is 6. The van der Waals surface area contributed by atoms with Crippen LogP contribution in [0.5, 0.6) is 23.3 Å². The van der Waals surface area contributed by atoms with Crippen molar-refractivity contribution in [1.29, 1.82) is 0 Å². The quantitative estimate of drug-likeness (QED) is 0.0635. The number of alkyl halides is 6. The molecular weight excluding hydrogens is 1070 g/mol. The molecule has 0 aliphatic carbocycles. The Morgan fingerprint density at radius 1 is 0.512 bits per heavy atom. The van der Waals surface area contributed by atoms with Crippen molar-refractivity contribution in [2.24, 2.45) is 20.5 Å². The molecule has 0 amide bonds. The Hall–Kier alpha value is -9.80. The van der Waals surface area contributed by atoms with Crippen molar-refractivity contribution in [3.8, 4) is 23.3 Å². The number of carboxylic acids is 2. The van der Waals surface area contributed by atoms with E-state index in [1.54, 1.807) is 14.2 Å². The number of halogens is 6. The van der Waals surface area contributed by atoms with Crippen molar-refractivity contribution in [3.05, 3.63) is 188 Å². The summed E-state index contributed by atoms with van der Waals surface area (Å²) in [6, 6.07) is 40.4. The third kappa shape index (κ3) is 15.7. The standard InChI is InChI=1S/2C28H26N4O2.2C2HF3O2/c2*1-32(2)17-19-6-4-18(5-7-19)9-12-26-22-11-8-20(15-27(22)31-30-26)14-24-23-16-21(34-3)10-13-25(23)29-28(24)33;2*3-2(4,5)1(6)7/h2*4-16,29,33H,17H2,1-3H3;2*(H,6,7)/b2*12-9+,20-14?;;. The van der Waals surface area contributed by atoms with E-state index in [1.165, 1.54) is 11.1 Å². The molecule has 0 radical (unpaired) electrons. The number of H-pyrrole nitrogens is 2. The van der Waals surface area contributed by atoms with Crippen LogP contribution < -0.4 is 30.3 Å². The van der Waals surface area contributed by atoms with Crippen molar-refractivity contribution in [3.63, 3.8) is 0 Å². The third-order valence-electron chi connectivity index (χ3n) is 12.1. The number of aliphatic carboxylic acids is 2. The molecule has 0 bridgehead atoms. The first-order chi connectivity index (χ1) is 38.9. The molecule has 6 N–H and O–H groups in total. The Bertz CT molecular complexity index is 3770. The highest BCUT2D eigenvalue weighted by molar-refractivity contribution is 5.94. The Morgan fingerprint density at radius 3 is 1.18 bits per heavy atom. The van der Waals surface area contributed by atoms with E-state index >= 15 is 0 Å². The fourth-order valence-corrected chi connectivity index (χ4v) is 8.23. The third-order valence-corrected chi connectivity index (χ3v) is 12.1. The maximum absolute atomic E-state index is 10.6. The number of hydrogen-bond acceptors (Lipinski definition) is 12. The summed E-state index contributed by atoms with van der Waals surface area (Å²) in [6.07, 6.45) is 1.81. The number of ether oxygens (including phenoxy) is 2.